The molecule has 0 aliphatic carbocycles. The summed E-state index contributed by atoms with van der Waals surface area (Å²) in [5.74, 6) is -0.832. The minimum absolute atomic E-state index is 0.0616. The van der Waals surface area contributed by atoms with Gasteiger partial charge in [-0.1, -0.05) is 6.42 Å². The lowest BCUT2D eigenvalue weighted by atomic mass is 10.1. The van der Waals surface area contributed by atoms with Gasteiger partial charge in [0, 0.05) is 26.9 Å². The van der Waals surface area contributed by atoms with Crippen LogP contribution in [0, 0.1) is 0 Å². The first-order valence-corrected chi connectivity index (χ1v) is 8.29. The quantitative estimate of drug-likeness (QED) is 0.588. The SMILES string of the molecule is CCOCCOCCC(=O)O.COCCCN1CCCCC1. The van der Waals surface area contributed by atoms with Crippen molar-refractivity contribution in [1.82, 2.24) is 4.90 Å². The molecule has 6 heteroatoms. The Morgan fingerprint density at radius 3 is 2.32 bits per heavy atom. The van der Waals surface area contributed by atoms with Crippen molar-refractivity contribution in [3.8, 4) is 0 Å². The van der Waals surface area contributed by atoms with E-state index in [0.29, 0.717) is 19.8 Å². The molecule has 0 aromatic carbocycles. The molecule has 0 amide bonds. The van der Waals surface area contributed by atoms with Gasteiger partial charge >= 0.3 is 5.97 Å². The summed E-state index contributed by atoms with van der Waals surface area (Å²) < 4.78 is 14.9. The van der Waals surface area contributed by atoms with Crippen molar-refractivity contribution < 1.29 is 24.1 Å². The average Bonchev–Trinajstić information content (AvgIpc) is 2.52. The summed E-state index contributed by atoms with van der Waals surface area (Å²) in [7, 11) is 1.77. The van der Waals surface area contributed by atoms with Crippen LogP contribution in [0.15, 0.2) is 0 Å². The number of carbonyl (C=O) groups is 1. The van der Waals surface area contributed by atoms with Gasteiger partial charge in [-0.3, -0.25) is 4.79 Å². The van der Waals surface area contributed by atoms with Crippen molar-refractivity contribution in [2.75, 3.05) is 59.8 Å². The smallest absolute Gasteiger partial charge is 0.305 e. The molecule has 0 aromatic heterocycles. The van der Waals surface area contributed by atoms with Gasteiger partial charge < -0.3 is 24.2 Å². The molecule has 132 valence electrons. The van der Waals surface area contributed by atoms with Crippen LogP contribution in [0.1, 0.15) is 39.0 Å². The summed E-state index contributed by atoms with van der Waals surface area (Å²) >= 11 is 0. The summed E-state index contributed by atoms with van der Waals surface area (Å²) in [5.41, 5.74) is 0. The van der Waals surface area contributed by atoms with Crippen LogP contribution in [0.25, 0.3) is 0 Å². The lowest BCUT2D eigenvalue weighted by Gasteiger charge is -2.25. The summed E-state index contributed by atoms with van der Waals surface area (Å²) in [4.78, 5) is 12.5. The van der Waals surface area contributed by atoms with E-state index in [1.54, 1.807) is 7.11 Å². The number of hydrogen-bond acceptors (Lipinski definition) is 5. The predicted molar refractivity (Wildman–Crippen MR) is 86.3 cm³/mol. The maximum absolute atomic E-state index is 9.98. The second kappa shape index (κ2) is 16.7. The highest BCUT2D eigenvalue weighted by molar-refractivity contribution is 5.66. The number of hydrogen-bond donors (Lipinski definition) is 1. The fourth-order valence-electron chi connectivity index (χ4n) is 2.14. The van der Waals surface area contributed by atoms with E-state index >= 15 is 0 Å². The van der Waals surface area contributed by atoms with Crippen LogP contribution in [0.5, 0.6) is 0 Å². The molecule has 0 bridgehead atoms. The standard InChI is InChI=1S/C9H19NO.C7H14O4/c1-11-9-5-8-10-6-3-2-4-7-10;1-2-10-5-6-11-4-3-7(8)9/h2-9H2,1H3;2-6H2,1H3,(H,8,9). The number of likely N-dealkylation sites (tertiary alicyclic amines) is 1. The van der Waals surface area contributed by atoms with Gasteiger partial charge in [-0.05, 0) is 39.3 Å². The van der Waals surface area contributed by atoms with Crippen LogP contribution in [0.2, 0.25) is 0 Å². The maximum Gasteiger partial charge on any atom is 0.305 e. The Kier molecular flexibility index (Phi) is 16.2. The Labute approximate surface area is 134 Å². The largest absolute Gasteiger partial charge is 0.481 e. The highest BCUT2D eigenvalue weighted by Gasteiger charge is 2.08. The van der Waals surface area contributed by atoms with Gasteiger partial charge in [-0.2, -0.15) is 0 Å². The van der Waals surface area contributed by atoms with E-state index in [0.717, 1.165) is 6.61 Å². The van der Waals surface area contributed by atoms with E-state index in [-0.39, 0.29) is 13.0 Å². The van der Waals surface area contributed by atoms with E-state index in [2.05, 4.69) is 4.90 Å². The van der Waals surface area contributed by atoms with Crippen LogP contribution in [0.3, 0.4) is 0 Å². The van der Waals surface area contributed by atoms with E-state index in [1.807, 2.05) is 6.92 Å². The second-order valence-corrected chi connectivity index (χ2v) is 5.20. The van der Waals surface area contributed by atoms with Crippen LogP contribution in [0.4, 0.5) is 0 Å². The molecule has 1 heterocycles. The second-order valence-electron chi connectivity index (χ2n) is 5.20. The number of aliphatic carboxylic acids is 1. The highest BCUT2D eigenvalue weighted by Crippen LogP contribution is 2.08. The minimum Gasteiger partial charge on any atom is -0.481 e. The molecule has 1 fully saturated rings. The fraction of sp³-hybridized carbons (Fsp3) is 0.938. The zero-order chi connectivity index (χ0) is 16.5. The third kappa shape index (κ3) is 15.7. The molecule has 1 aliphatic rings. The van der Waals surface area contributed by atoms with Gasteiger partial charge in [-0.25, -0.2) is 0 Å². The van der Waals surface area contributed by atoms with Crippen LogP contribution in [-0.4, -0.2) is 75.8 Å². The highest BCUT2D eigenvalue weighted by atomic mass is 16.5. The van der Waals surface area contributed by atoms with Crippen molar-refractivity contribution >= 4 is 5.97 Å². The predicted octanol–water partition coefficient (Wildman–Crippen LogP) is 2.02. The van der Waals surface area contributed by atoms with Gasteiger partial charge in [0.05, 0.1) is 26.2 Å². The molecule has 0 unspecified atom stereocenters. The average molecular weight is 319 g/mol. The van der Waals surface area contributed by atoms with Gasteiger partial charge in [0.15, 0.2) is 0 Å². The number of ether oxygens (including phenoxy) is 3. The monoisotopic (exact) mass is 319 g/mol. The minimum atomic E-state index is -0.832. The summed E-state index contributed by atoms with van der Waals surface area (Å²) in [6.45, 7) is 8.61. The molecule has 0 saturated carbocycles. The van der Waals surface area contributed by atoms with Crippen molar-refractivity contribution in [3.63, 3.8) is 0 Å². The topological polar surface area (TPSA) is 68.2 Å². The lowest BCUT2D eigenvalue weighted by molar-refractivity contribution is -0.138. The Balaban J connectivity index is 0.000000401. The normalized spacial score (nSPS) is 15.2. The molecule has 1 N–H and O–H groups in total. The molecule has 0 aromatic rings. The third-order valence-electron chi connectivity index (χ3n) is 3.31. The zero-order valence-corrected chi connectivity index (χ0v) is 14.2. The number of carboxylic acids is 1. The number of carboxylic acid groups (broad SMARTS) is 1. The Bertz CT molecular complexity index is 245. The van der Waals surface area contributed by atoms with Crippen LogP contribution >= 0.6 is 0 Å². The van der Waals surface area contributed by atoms with Gasteiger partial charge in [-0.15, -0.1) is 0 Å². The van der Waals surface area contributed by atoms with Crippen molar-refractivity contribution in [2.24, 2.45) is 0 Å². The molecule has 0 atom stereocenters. The Hall–Kier alpha value is -0.690. The molecule has 1 saturated heterocycles. The van der Waals surface area contributed by atoms with E-state index < -0.39 is 5.97 Å². The molecule has 1 aliphatic heterocycles. The Morgan fingerprint density at radius 2 is 1.73 bits per heavy atom. The van der Waals surface area contributed by atoms with E-state index in [1.165, 1.54) is 45.3 Å². The zero-order valence-electron chi connectivity index (χ0n) is 14.2. The molecule has 22 heavy (non-hydrogen) atoms. The summed E-state index contributed by atoms with van der Waals surface area (Å²) in [5, 5.41) is 8.20. The number of rotatable bonds is 11. The number of piperidine rings is 1. The number of methoxy groups -OCH3 is 1. The first kappa shape index (κ1) is 21.3. The molecular formula is C16H33NO5. The molecular weight excluding hydrogens is 286 g/mol. The fourth-order valence-corrected chi connectivity index (χ4v) is 2.14. The van der Waals surface area contributed by atoms with Gasteiger partial charge in [0.2, 0.25) is 0 Å². The summed E-state index contributed by atoms with van der Waals surface area (Å²) in [6.07, 6.45) is 5.48. The van der Waals surface area contributed by atoms with Crippen molar-refractivity contribution in [1.29, 1.82) is 0 Å². The van der Waals surface area contributed by atoms with E-state index in [4.69, 9.17) is 19.3 Å². The summed E-state index contributed by atoms with van der Waals surface area (Å²) in [6, 6.07) is 0. The molecule has 0 radical (unpaired) electrons. The van der Waals surface area contributed by atoms with Crippen molar-refractivity contribution in [2.45, 2.75) is 39.0 Å². The van der Waals surface area contributed by atoms with Gasteiger partial charge in [0.25, 0.3) is 0 Å². The maximum atomic E-state index is 9.98. The molecule has 6 nitrogen and oxygen atoms in total. The molecule has 1 rings (SSSR count). The number of nitrogens with zero attached hydrogens (tertiary/aromatic N) is 1. The molecule has 0 spiro atoms. The van der Waals surface area contributed by atoms with Crippen LogP contribution < -0.4 is 0 Å². The third-order valence-corrected chi connectivity index (χ3v) is 3.31. The lowest BCUT2D eigenvalue weighted by Crippen LogP contribution is -2.31. The first-order chi connectivity index (χ1) is 10.7. The van der Waals surface area contributed by atoms with E-state index in [9.17, 15) is 4.79 Å². The van der Waals surface area contributed by atoms with Gasteiger partial charge in [0.1, 0.15) is 0 Å². The van der Waals surface area contributed by atoms with Crippen LogP contribution in [-0.2, 0) is 19.0 Å². The first-order valence-electron chi connectivity index (χ1n) is 8.29. The van der Waals surface area contributed by atoms with Crippen molar-refractivity contribution in [3.05, 3.63) is 0 Å². The Morgan fingerprint density at radius 1 is 1.05 bits per heavy atom.